The molecule has 2 aromatic carbocycles. The molecule has 1 aliphatic rings. The number of carbonyl (C=O) groups excluding carboxylic acids is 1. The zero-order chi connectivity index (χ0) is 15.5. The number of amides is 1. The standard InChI is InChI=1S/C18H19N3O/c1-12-11-13(2)20-17-15(9-6-10-16(17)19-12)18(22)21-14-7-4-3-5-8-14/h3-10,13,19-20H,1,11H2,2H3,(H,21,22)/t13-/m1/s1. The molecule has 0 aromatic heterocycles. The molecule has 22 heavy (non-hydrogen) atoms. The van der Waals surface area contributed by atoms with Gasteiger partial charge in [-0.2, -0.15) is 0 Å². The lowest BCUT2D eigenvalue weighted by Gasteiger charge is -2.16. The minimum Gasteiger partial charge on any atom is -0.380 e. The summed E-state index contributed by atoms with van der Waals surface area (Å²) in [6, 6.07) is 15.3. The topological polar surface area (TPSA) is 53.2 Å². The Labute approximate surface area is 130 Å². The third kappa shape index (κ3) is 2.96. The minimum absolute atomic E-state index is 0.128. The van der Waals surface area contributed by atoms with Gasteiger partial charge in [-0.05, 0) is 31.2 Å². The van der Waals surface area contributed by atoms with Crippen LogP contribution in [0.5, 0.6) is 0 Å². The maximum Gasteiger partial charge on any atom is 0.257 e. The average molecular weight is 293 g/mol. The molecule has 1 amide bonds. The fourth-order valence-electron chi connectivity index (χ4n) is 2.63. The van der Waals surface area contributed by atoms with E-state index < -0.39 is 0 Å². The van der Waals surface area contributed by atoms with Crippen LogP contribution in [-0.2, 0) is 0 Å². The highest BCUT2D eigenvalue weighted by Gasteiger charge is 2.20. The monoisotopic (exact) mass is 293 g/mol. The van der Waals surface area contributed by atoms with E-state index in [9.17, 15) is 4.79 Å². The molecule has 3 N–H and O–H groups in total. The van der Waals surface area contributed by atoms with E-state index in [-0.39, 0.29) is 11.9 Å². The predicted molar refractivity (Wildman–Crippen MR) is 91.3 cm³/mol. The first-order valence-electron chi connectivity index (χ1n) is 7.34. The van der Waals surface area contributed by atoms with Gasteiger partial charge in [0.1, 0.15) is 0 Å². The molecule has 1 atom stereocenters. The van der Waals surface area contributed by atoms with Crippen LogP contribution >= 0.6 is 0 Å². The number of anilines is 3. The molecule has 0 saturated carbocycles. The lowest BCUT2D eigenvalue weighted by Crippen LogP contribution is -2.18. The van der Waals surface area contributed by atoms with Gasteiger partial charge in [0.05, 0.1) is 16.9 Å². The van der Waals surface area contributed by atoms with Gasteiger partial charge in [-0.25, -0.2) is 0 Å². The summed E-state index contributed by atoms with van der Waals surface area (Å²) in [6.07, 6.45) is 0.814. The van der Waals surface area contributed by atoms with Crippen molar-refractivity contribution in [3.8, 4) is 0 Å². The number of hydrogen-bond acceptors (Lipinski definition) is 3. The summed E-state index contributed by atoms with van der Waals surface area (Å²) in [5.74, 6) is -0.128. The van der Waals surface area contributed by atoms with Crippen LogP contribution in [0.4, 0.5) is 17.1 Å². The molecule has 0 spiro atoms. The number of nitrogens with one attached hydrogen (secondary N) is 3. The fourth-order valence-corrected chi connectivity index (χ4v) is 2.63. The molecule has 0 bridgehead atoms. The van der Waals surface area contributed by atoms with Crippen molar-refractivity contribution in [1.29, 1.82) is 0 Å². The molecule has 1 heterocycles. The largest absolute Gasteiger partial charge is 0.380 e. The third-order valence-electron chi connectivity index (χ3n) is 3.60. The second-order valence-electron chi connectivity index (χ2n) is 5.53. The van der Waals surface area contributed by atoms with Gasteiger partial charge in [0.15, 0.2) is 0 Å². The maximum absolute atomic E-state index is 12.6. The van der Waals surface area contributed by atoms with E-state index in [2.05, 4.69) is 29.5 Å². The molecule has 2 aromatic rings. The SMILES string of the molecule is C=C1C[C@@H](C)Nc2c(cccc2C(=O)Nc2ccccc2)N1. The third-order valence-corrected chi connectivity index (χ3v) is 3.60. The normalized spacial score (nSPS) is 16.8. The molecule has 1 aliphatic heterocycles. The van der Waals surface area contributed by atoms with Crippen LogP contribution in [0.15, 0.2) is 60.8 Å². The van der Waals surface area contributed by atoms with E-state index in [4.69, 9.17) is 0 Å². The van der Waals surface area contributed by atoms with Crippen LogP contribution < -0.4 is 16.0 Å². The molecule has 4 heteroatoms. The molecule has 112 valence electrons. The van der Waals surface area contributed by atoms with Crippen molar-refractivity contribution in [1.82, 2.24) is 0 Å². The van der Waals surface area contributed by atoms with Crippen LogP contribution in [0.1, 0.15) is 23.7 Å². The smallest absolute Gasteiger partial charge is 0.257 e. The van der Waals surface area contributed by atoms with E-state index in [0.717, 1.165) is 29.2 Å². The number of carbonyl (C=O) groups is 1. The lowest BCUT2D eigenvalue weighted by molar-refractivity contribution is 0.102. The Kier molecular flexibility index (Phi) is 3.83. The number of fused-ring (bicyclic) bond motifs is 1. The molecular formula is C18H19N3O. The van der Waals surface area contributed by atoms with Gasteiger partial charge < -0.3 is 16.0 Å². The molecule has 3 rings (SSSR count). The minimum atomic E-state index is -0.128. The molecule has 0 fully saturated rings. The van der Waals surface area contributed by atoms with Gasteiger partial charge in [-0.15, -0.1) is 0 Å². The van der Waals surface area contributed by atoms with Gasteiger partial charge in [0.25, 0.3) is 5.91 Å². The van der Waals surface area contributed by atoms with Crippen molar-refractivity contribution >= 4 is 23.0 Å². The molecular weight excluding hydrogens is 274 g/mol. The Balaban J connectivity index is 1.93. The van der Waals surface area contributed by atoms with Crippen molar-refractivity contribution in [2.45, 2.75) is 19.4 Å². The summed E-state index contributed by atoms with van der Waals surface area (Å²) < 4.78 is 0. The summed E-state index contributed by atoms with van der Waals surface area (Å²) >= 11 is 0. The summed E-state index contributed by atoms with van der Waals surface area (Å²) in [5.41, 5.74) is 4.05. The zero-order valence-corrected chi connectivity index (χ0v) is 12.5. The van der Waals surface area contributed by atoms with Crippen LogP contribution in [0.3, 0.4) is 0 Å². The van der Waals surface area contributed by atoms with E-state index in [1.165, 1.54) is 0 Å². The molecule has 0 radical (unpaired) electrons. The maximum atomic E-state index is 12.6. The molecule has 0 unspecified atom stereocenters. The Morgan fingerprint density at radius 2 is 1.95 bits per heavy atom. The highest BCUT2D eigenvalue weighted by Crippen LogP contribution is 2.32. The first-order valence-corrected chi connectivity index (χ1v) is 7.34. The molecule has 0 aliphatic carbocycles. The highest BCUT2D eigenvalue weighted by molar-refractivity contribution is 6.10. The Hall–Kier alpha value is -2.75. The van der Waals surface area contributed by atoms with Crippen molar-refractivity contribution in [2.75, 3.05) is 16.0 Å². The van der Waals surface area contributed by atoms with Crippen molar-refractivity contribution < 1.29 is 4.79 Å². The average Bonchev–Trinajstić information content (AvgIpc) is 2.64. The Morgan fingerprint density at radius 3 is 2.73 bits per heavy atom. The van der Waals surface area contributed by atoms with E-state index in [1.807, 2.05) is 48.5 Å². The predicted octanol–water partition coefficient (Wildman–Crippen LogP) is 4.07. The first-order chi connectivity index (χ1) is 10.6. The van der Waals surface area contributed by atoms with Gasteiger partial charge in [-0.1, -0.05) is 30.8 Å². The van der Waals surface area contributed by atoms with E-state index in [0.29, 0.717) is 5.56 Å². The van der Waals surface area contributed by atoms with Crippen molar-refractivity contribution in [2.24, 2.45) is 0 Å². The first kappa shape index (κ1) is 14.2. The van der Waals surface area contributed by atoms with Gasteiger partial charge in [0.2, 0.25) is 0 Å². The summed E-state index contributed by atoms with van der Waals surface area (Å²) in [5, 5.41) is 9.60. The van der Waals surface area contributed by atoms with E-state index in [1.54, 1.807) is 0 Å². The van der Waals surface area contributed by atoms with E-state index >= 15 is 0 Å². The lowest BCUT2D eigenvalue weighted by atomic mass is 10.1. The van der Waals surface area contributed by atoms with Gasteiger partial charge in [0, 0.05) is 23.8 Å². The van der Waals surface area contributed by atoms with Crippen LogP contribution in [-0.4, -0.2) is 11.9 Å². The quantitative estimate of drug-likeness (QED) is 0.782. The number of benzene rings is 2. The van der Waals surface area contributed by atoms with Crippen molar-refractivity contribution in [3.63, 3.8) is 0 Å². The zero-order valence-electron chi connectivity index (χ0n) is 12.5. The van der Waals surface area contributed by atoms with Gasteiger partial charge >= 0.3 is 0 Å². The number of hydrogen-bond donors (Lipinski definition) is 3. The highest BCUT2D eigenvalue weighted by atomic mass is 16.1. The summed E-state index contributed by atoms with van der Waals surface area (Å²) in [7, 11) is 0. The van der Waals surface area contributed by atoms with Crippen LogP contribution in [0.25, 0.3) is 0 Å². The summed E-state index contributed by atoms with van der Waals surface area (Å²) in [4.78, 5) is 12.6. The number of para-hydroxylation sites is 2. The molecule has 0 saturated heterocycles. The fraction of sp³-hybridized carbons (Fsp3) is 0.167. The van der Waals surface area contributed by atoms with Gasteiger partial charge in [-0.3, -0.25) is 4.79 Å². The summed E-state index contributed by atoms with van der Waals surface area (Å²) in [6.45, 7) is 6.09. The van der Waals surface area contributed by atoms with Crippen LogP contribution in [0.2, 0.25) is 0 Å². The number of rotatable bonds is 2. The van der Waals surface area contributed by atoms with Crippen molar-refractivity contribution in [3.05, 3.63) is 66.4 Å². The molecule has 4 nitrogen and oxygen atoms in total. The Morgan fingerprint density at radius 1 is 1.18 bits per heavy atom. The Bertz CT molecular complexity index is 710. The second-order valence-corrected chi connectivity index (χ2v) is 5.53. The second kappa shape index (κ2) is 5.93. The van der Waals surface area contributed by atoms with Crippen LogP contribution in [0, 0.1) is 0 Å².